The molecule has 26 heavy (non-hydrogen) atoms. The fraction of sp³-hybridized carbons (Fsp3) is 0.222. The van der Waals surface area contributed by atoms with E-state index in [-0.39, 0.29) is 11.6 Å². The number of nitrogens with one attached hydrogen (secondary N) is 1. The van der Waals surface area contributed by atoms with Crippen molar-refractivity contribution in [3.63, 3.8) is 0 Å². The van der Waals surface area contributed by atoms with Crippen LogP contribution in [0, 0.1) is 0 Å². The monoisotopic (exact) mass is 377 g/mol. The van der Waals surface area contributed by atoms with Gasteiger partial charge in [-0.25, -0.2) is 4.98 Å². The molecule has 0 fully saturated rings. The summed E-state index contributed by atoms with van der Waals surface area (Å²) in [5, 5.41) is 3.65. The summed E-state index contributed by atoms with van der Waals surface area (Å²) in [7, 11) is 0. The maximum Gasteiger partial charge on any atom is 0.416 e. The Balaban J connectivity index is 1.59. The first-order chi connectivity index (χ1) is 12.4. The van der Waals surface area contributed by atoms with Crippen LogP contribution in [0.2, 0.25) is 0 Å². The molecule has 4 nitrogen and oxygen atoms in total. The SMILES string of the molecule is O=c1c2ccccc2nc2n1[C@@H](CSc1cccc(C(F)(F)F)c1)CN2. The molecule has 0 bridgehead atoms. The highest BCUT2D eigenvalue weighted by atomic mass is 32.2. The van der Waals surface area contributed by atoms with E-state index in [1.807, 2.05) is 6.07 Å². The van der Waals surface area contributed by atoms with Crippen LogP contribution in [0.4, 0.5) is 19.1 Å². The fourth-order valence-electron chi connectivity index (χ4n) is 3.00. The number of hydrogen-bond acceptors (Lipinski definition) is 4. The van der Waals surface area contributed by atoms with E-state index < -0.39 is 11.7 Å². The normalized spacial score (nSPS) is 16.5. The molecule has 0 saturated heterocycles. The predicted octanol–water partition coefficient (Wildman–Crippen LogP) is 4.17. The van der Waals surface area contributed by atoms with Gasteiger partial charge in [0.2, 0.25) is 5.95 Å². The van der Waals surface area contributed by atoms with Crippen LogP contribution in [0.1, 0.15) is 11.6 Å². The van der Waals surface area contributed by atoms with Crippen molar-refractivity contribution in [1.29, 1.82) is 0 Å². The first kappa shape index (κ1) is 17.0. The number of aromatic nitrogens is 2. The highest BCUT2D eigenvalue weighted by Crippen LogP contribution is 2.33. The third kappa shape index (κ3) is 3.05. The van der Waals surface area contributed by atoms with Crippen molar-refractivity contribution in [3.05, 3.63) is 64.4 Å². The molecule has 1 atom stereocenters. The van der Waals surface area contributed by atoms with E-state index in [1.165, 1.54) is 17.8 Å². The average molecular weight is 377 g/mol. The Bertz CT molecular complexity index is 1030. The summed E-state index contributed by atoms with van der Waals surface area (Å²) < 4.78 is 40.1. The van der Waals surface area contributed by atoms with Gasteiger partial charge in [0, 0.05) is 17.2 Å². The summed E-state index contributed by atoms with van der Waals surface area (Å²) in [6.45, 7) is 0.518. The summed E-state index contributed by atoms with van der Waals surface area (Å²) in [6.07, 6.45) is -4.36. The number of fused-ring (bicyclic) bond motifs is 2. The topological polar surface area (TPSA) is 46.9 Å². The van der Waals surface area contributed by atoms with Crippen LogP contribution in [0.25, 0.3) is 10.9 Å². The quantitative estimate of drug-likeness (QED) is 0.696. The molecular weight excluding hydrogens is 363 g/mol. The summed E-state index contributed by atoms with van der Waals surface area (Å²) in [6, 6.07) is 12.2. The summed E-state index contributed by atoms with van der Waals surface area (Å²) in [5.41, 5.74) is -0.176. The van der Waals surface area contributed by atoms with E-state index in [2.05, 4.69) is 10.3 Å². The molecule has 0 saturated carbocycles. The molecule has 4 rings (SSSR count). The number of alkyl halides is 3. The Labute approximate surface area is 151 Å². The van der Waals surface area contributed by atoms with Crippen LogP contribution in [0.5, 0.6) is 0 Å². The zero-order valence-electron chi connectivity index (χ0n) is 13.5. The molecule has 134 valence electrons. The second-order valence-electron chi connectivity index (χ2n) is 6.00. The maximum absolute atomic E-state index is 12.8. The lowest BCUT2D eigenvalue weighted by Gasteiger charge is -2.13. The van der Waals surface area contributed by atoms with Crippen molar-refractivity contribution in [3.8, 4) is 0 Å². The van der Waals surface area contributed by atoms with Gasteiger partial charge in [-0.1, -0.05) is 18.2 Å². The van der Waals surface area contributed by atoms with Crippen LogP contribution in [0.15, 0.2) is 58.2 Å². The second kappa shape index (κ2) is 6.35. The minimum Gasteiger partial charge on any atom is -0.353 e. The van der Waals surface area contributed by atoms with Gasteiger partial charge in [-0.3, -0.25) is 9.36 Å². The fourth-order valence-corrected chi connectivity index (χ4v) is 4.03. The lowest BCUT2D eigenvalue weighted by Crippen LogP contribution is -2.24. The number of thioether (sulfide) groups is 1. The van der Waals surface area contributed by atoms with Gasteiger partial charge in [0.05, 0.1) is 22.5 Å². The number of rotatable bonds is 3. The van der Waals surface area contributed by atoms with Crippen molar-refractivity contribution >= 4 is 28.6 Å². The van der Waals surface area contributed by atoms with Gasteiger partial charge in [-0.2, -0.15) is 13.2 Å². The average Bonchev–Trinajstić information content (AvgIpc) is 3.03. The number of halogens is 3. The Morgan fingerprint density at radius 1 is 1.19 bits per heavy atom. The van der Waals surface area contributed by atoms with Crippen molar-refractivity contribution in [1.82, 2.24) is 9.55 Å². The molecule has 0 amide bonds. The molecule has 0 radical (unpaired) electrons. The zero-order valence-corrected chi connectivity index (χ0v) is 14.3. The lowest BCUT2D eigenvalue weighted by molar-refractivity contribution is -0.137. The van der Waals surface area contributed by atoms with Crippen LogP contribution < -0.4 is 10.9 Å². The van der Waals surface area contributed by atoms with Gasteiger partial charge in [0.1, 0.15) is 0 Å². The molecule has 0 aliphatic carbocycles. The van der Waals surface area contributed by atoms with Crippen LogP contribution in [0.3, 0.4) is 0 Å². The Kier molecular flexibility index (Phi) is 4.14. The first-order valence-corrected chi connectivity index (χ1v) is 8.97. The van der Waals surface area contributed by atoms with Crippen molar-refractivity contribution in [2.75, 3.05) is 17.6 Å². The van der Waals surface area contributed by atoms with E-state index in [0.717, 1.165) is 12.1 Å². The zero-order chi connectivity index (χ0) is 18.3. The number of anilines is 1. The third-order valence-corrected chi connectivity index (χ3v) is 5.41. The second-order valence-corrected chi connectivity index (χ2v) is 7.09. The standard InChI is InChI=1S/C18H14F3N3OS/c19-18(20,21)11-4-3-5-13(8-11)26-10-12-9-22-17-23-15-7-2-1-6-14(15)16(25)24(12)17/h1-8,12H,9-10H2,(H,22,23)/t12-/m1/s1. The number of benzene rings is 2. The number of nitrogens with zero attached hydrogens (tertiary/aromatic N) is 2. The largest absolute Gasteiger partial charge is 0.416 e. The van der Waals surface area contributed by atoms with Gasteiger partial charge < -0.3 is 5.32 Å². The number of para-hydroxylation sites is 1. The summed E-state index contributed by atoms with van der Waals surface area (Å²) >= 11 is 1.30. The first-order valence-electron chi connectivity index (χ1n) is 7.99. The molecule has 0 unspecified atom stereocenters. The third-order valence-electron chi connectivity index (χ3n) is 4.27. The van der Waals surface area contributed by atoms with Gasteiger partial charge in [-0.05, 0) is 30.3 Å². The van der Waals surface area contributed by atoms with Crippen LogP contribution >= 0.6 is 11.8 Å². The maximum atomic E-state index is 12.8. The molecule has 1 aliphatic heterocycles. The summed E-state index contributed by atoms with van der Waals surface area (Å²) in [4.78, 5) is 17.7. The van der Waals surface area contributed by atoms with E-state index in [1.54, 1.807) is 28.8 Å². The Morgan fingerprint density at radius 2 is 2.00 bits per heavy atom. The molecule has 1 aromatic heterocycles. The highest BCUT2D eigenvalue weighted by Gasteiger charge is 2.31. The molecule has 2 aromatic carbocycles. The van der Waals surface area contributed by atoms with E-state index in [0.29, 0.717) is 34.0 Å². The molecule has 3 aromatic rings. The van der Waals surface area contributed by atoms with Gasteiger partial charge in [-0.15, -0.1) is 11.8 Å². The van der Waals surface area contributed by atoms with Crippen molar-refractivity contribution in [2.24, 2.45) is 0 Å². The van der Waals surface area contributed by atoms with Gasteiger partial charge in [0.15, 0.2) is 0 Å². The molecular formula is C18H14F3N3OS. The Morgan fingerprint density at radius 3 is 2.81 bits per heavy atom. The predicted molar refractivity (Wildman–Crippen MR) is 95.7 cm³/mol. The van der Waals surface area contributed by atoms with Crippen molar-refractivity contribution in [2.45, 2.75) is 17.1 Å². The van der Waals surface area contributed by atoms with Crippen molar-refractivity contribution < 1.29 is 13.2 Å². The lowest BCUT2D eigenvalue weighted by atomic mass is 10.2. The molecule has 8 heteroatoms. The molecule has 2 heterocycles. The van der Waals surface area contributed by atoms with Crippen LogP contribution in [-0.4, -0.2) is 21.8 Å². The smallest absolute Gasteiger partial charge is 0.353 e. The molecule has 1 aliphatic rings. The minimum absolute atomic E-state index is 0.134. The number of hydrogen-bond donors (Lipinski definition) is 1. The van der Waals surface area contributed by atoms with Gasteiger partial charge in [0.25, 0.3) is 5.56 Å². The van der Waals surface area contributed by atoms with E-state index in [9.17, 15) is 18.0 Å². The minimum atomic E-state index is -4.36. The Hall–Kier alpha value is -2.48. The molecule has 0 spiro atoms. The van der Waals surface area contributed by atoms with E-state index >= 15 is 0 Å². The summed E-state index contributed by atoms with van der Waals surface area (Å²) in [5.74, 6) is 0.977. The highest BCUT2D eigenvalue weighted by molar-refractivity contribution is 7.99. The van der Waals surface area contributed by atoms with Gasteiger partial charge >= 0.3 is 6.18 Å². The van der Waals surface area contributed by atoms with E-state index in [4.69, 9.17) is 0 Å². The molecule has 1 N–H and O–H groups in total. The van der Waals surface area contributed by atoms with Crippen LogP contribution in [-0.2, 0) is 6.18 Å².